The van der Waals surface area contributed by atoms with Gasteiger partial charge in [0.2, 0.25) is 5.78 Å². The number of aromatic nitrogens is 3. The highest BCUT2D eigenvalue weighted by Gasteiger charge is 2.10. The lowest BCUT2D eigenvalue weighted by atomic mass is 10.1. The van der Waals surface area contributed by atoms with Crippen LogP contribution in [-0.2, 0) is 0 Å². The summed E-state index contributed by atoms with van der Waals surface area (Å²) in [6, 6.07) is 5.16. The van der Waals surface area contributed by atoms with Gasteiger partial charge in [-0.1, -0.05) is 0 Å². The third kappa shape index (κ3) is 1.65. The first-order valence-electron chi connectivity index (χ1n) is 4.99. The van der Waals surface area contributed by atoms with Gasteiger partial charge in [0.05, 0.1) is 5.69 Å². The van der Waals surface area contributed by atoms with E-state index >= 15 is 0 Å². The van der Waals surface area contributed by atoms with E-state index in [1.807, 2.05) is 0 Å². The standard InChI is InChI=1S/C12H7F2N3/c13-8-2-3-9(10(14)6-8)11-7-17-5-1-4-15-12(17)16-11/h1-7H. The summed E-state index contributed by atoms with van der Waals surface area (Å²) < 4.78 is 28.0. The molecule has 0 atom stereocenters. The maximum absolute atomic E-state index is 13.6. The smallest absolute Gasteiger partial charge is 0.234 e. The van der Waals surface area contributed by atoms with Crippen molar-refractivity contribution < 1.29 is 8.78 Å². The largest absolute Gasteiger partial charge is 0.291 e. The van der Waals surface area contributed by atoms with Gasteiger partial charge in [-0.15, -0.1) is 0 Å². The van der Waals surface area contributed by atoms with Crippen molar-refractivity contribution in [1.29, 1.82) is 0 Å². The van der Waals surface area contributed by atoms with E-state index in [1.165, 1.54) is 12.1 Å². The van der Waals surface area contributed by atoms with E-state index in [-0.39, 0.29) is 5.56 Å². The molecule has 0 radical (unpaired) electrons. The molecule has 0 amide bonds. The highest BCUT2D eigenvalue weighted by atomic mass is 19.1. The Kier molecular flexibility index (Phi) is 2.11. The van der Waals surface area contributed by atoms with Crippen LogP contribution in [0.4, 0.5) is 8.78 Å². The fourth-order valence-electron chi connectivity index (χ4n) is 1.66. The molecule has 0 aliphatic carbocycles. The molecule has 0 saturated carbocycles. The predicted octanol–water partition coefficient (Wildman–Crippen LogP) is 2.67. The Bertz CT molecular complexity index is 658. The average Bonchev–Trinajstić information content (AvgIpc) is 2.72. The molecule has 0 aliphatic heterocycles. The van der Waals surface area contributed by atoms with Gasteiger partial charge in [0.15, 0.2) is 0 Å². The van der Waals surface area contributed by atoms with Gasteiger partial charge in [-0.3, -0.25) is 4.40 Å². The summed E-state index contributed by atoms with van der Waals surface area (Å²) in [5.74, 6) is -0.757. The van der Waals surface area contributed by atoms with E-state index in [9.17, 15) is 8.78 Å². The summed E-state index contributed by atoms with van der Waals surface area (Å²) in [6.45, 7) is 0. The van der Waals surface area contributed by atoms with Gasteiger partial charge in [-0.2, -0.15) is 0 Å². The van der Waals surface area contributed by atoms with Crippen molar-refractivity contribution >= 4 is 5.78 Å². The summed E-state index contributed by atoms with van der Waals surface area (Å²) >= 11 is 0. The third-order valence-electron chi connectivity index (χ3n) is 2.44. The van der Waals surface area contributed by atoms with Crippen molar-refractivity contribution in [1.82, 2.24) is 14.4 Å². The minimum Gasteiger partial charge on any atom is -0.291 e. The predicted molar refractivity (Wildman–Crippen MR) is 58.3 cm³/mol. The lowest BCUT2D eigenvalue weighted by molar-refractivity contribution is 0.585. The van der Waals surface area contributed by atoms with E-state index in [1.54, 1.807) is 29.1 Å². The molecule has 1 aromatic carbocycles. The number of halogens is 2. The van der Waals surface area contributed by atoms with Gasteiger partial charge in [0, 0.05) is 30.2 Å². The second kappa shape index (κ2) is 3.62. The Morgan fingerprint density at radius 3 is 2.82 bits per heavy atom. The third-order valence-corrected chi connectivity index (χ3v) is 2.44. The van der Waals surface area contributed by atoms with Crippen LogP contribution < -0.4 is 0 Å². The van der Waals surface area contributed by atoms with Crippen molar-refractivity contribution in [3.63, 3.8) is 0 Å². The zero-order valence-electron chi connectivity index (χ0n) is 8.64. The lowest BCUT2D eigenvalue weighted by Gasteiger charge is -1.97. The first kappa shape index (κ1) is 9.89. The van der Waals surface area contributed by atoms with Crippen LogP contribution in [0.2, 0.25) is 0 Å². The lowest BCUT2D eigenvalue weighted by Crippen LogP contribution is -1.86. The number of hydrogen-bond acceptors (Lipinski definition) is 2. The quantitative estimate of drug-likeness (QED) is 0.644. The SMILES string of the molecule is Fc1ccc(-c2cn3cccnc3n2)c(F)c1. The molecule has 2 aromatic heterocycles. The zero-order chi connectivity index (χ0) is 11.8. The monoisotopic (exact) mass is 231 g/mol. The van der Waals surface area contributed by atoms with E-state index in [0.717, 1.165) is 6.07 Å². The van der Waals surface area contributed by atoms with Crippen molar-refractivity contribution in [2.75, 3.05) is 0 Å². The molecule has 0 bridgehead atoms. The second-order valence-corrected chi connectivity index (χ2v) is 3.58. The van der Waals surface area contributed by atoms with Crippen LogP contribution in [0.3, 0.4) is 0 Å². The molecule has 0 saturated heterocycles. The summed E-state index contributed by atoms with van der Waals surface area (Å²) in [7, 11) is 0. The molecule has 0 unspecified atom stereocenters. The number of nitrogens with zero attached hydrogens (tertiary/aromatic N) is 3. The van der Waals surface area contributed by atoms with Crippen molar-refractivity contribution in [2.24, 2.45) is 0 Å². The molecule has 0 aliphatic rings. The van der Waals surface area contributed by atoms with Crippen LogP contribution >= 0.6 is 0 Å². The minimum atomic E-state index is -0.631. The molecule has 5 heteroatoms. The summed E-state index contributed by atoms with van der Waals surface area (Å²) in [6.07, 6.45) is 5.02. The Balaban J connectivity index is 2.20. The summed E-state index contributed by atoms with van der Waals surface area (Å²) in [5, 5.41) is 0. The number of hydrogen-bond donors (Lipinski definition) is 0. The van der Waals surface area contributed by atoms with Crippen molar-refractivity contribution in [3.05, 3.63) is 54.5 Å². The van der Waals surface area contributed by atoms with Gasteiger partial charge >= 0.3 is 0 Å². The number of benzene rings is 1. The second-order valence-electron chi connectivity index (χ2n) is 3.58. The van der Waals surface area contributed by atoms with Crippen molar-refractivity contribution in [3.8, 4) is 11.3 Å². The van der Waals surface area contributed by atoms with Crippen LogP contribution in [-0.4, -0.2) is 14.4 Å². The van der Waals surface area contributed by atoms with E-state index in [4.69, 9.17) is 0 Å². The summed E-state index contributed by atoms with van der Waals surface area (Å²) in [5.41, 5.74) is 0.693. The highest BCUT2D eigenvalue weighted by molar-refractivity contribution is 5.61. The Labute approximate surface area is 95.4 Å². The maximum Gasteiger partial charge on any atom is 0.234 e. The van der Waals surface area contributed by atoms with Crippen molar-refractivity contribution in [2.45, 2.75) is 0 Å². The number of fused-ring (bicyclic) bond motifs is 1. The Hall–Kier alpha value is -2.30. The number of rotatable bonds is 1. The molecular formula is C12H7F2N3. The van der Waals surface area contributed by atoms with Crippen LogP contribution in [0, 0.1) is 11.6 Å². The molecule has 3 nitrogen and oxygen atoms in total. The Morgan fingerprint density at radius 1 is 1.18 bits per heavy atom. The molecule has 17 heavy (non-hydrogen) atoms. The molecule has 84 valence electrons. The maximum atomic E-state index is 13.6. The van der Waals surface area contributed by atoms with Crippen LogP contribution in [0.1, 0.15) is 0 Å². The molecular weight excluding hydrogens is 224 g/mol. The first-order valence-corrected chi connectivity index (χ1v) is 4.99. The minimum absolute atomic E-state index is 0.261. The van der Waals surface area contributed by atoms with Crippen LogP contribution in [0.5, 0.6) is 0 Å². The molecule has 0 spiro atoms. The molecule has 3 aromatic rings. The fourth-order valence-corrected chi connectivity index (χ4v) is 1.66. The molecule has 2 heterocycles. The van der Waals surface area contributed by atoms with Gasteiger partial charge in [0.1, 0.15) is 11.6 Å². The van der Waals surface area contributed by atoms with E-state index in [2.05, 4.69) is 9.97 Å². The van der Waals surface area contributed by atoms with Crippen LogP contribution in [0.25, 0.3) is 17.0 Å². The van der Waals surface area contributed by atoms with Gasteiger partial charge in [0.25, 0.3) is 0 Å². The molecule has 3 rings (SSSR count). The summed E-state index contributed by atoms with van der Waals surface area (Å²) in [4.78, 5) is 8.19. The Morgan fingerprint density at radius 2 is 2.06 bits per heavy atom. The average molecular weight is 231 g/mol. The van der Waals surface area contributed by atoms with E-state index in [0.29, 0.717) is 11.5 Å². The highest BCUT2D eigenvalue weighted by Crippen LogP contribution is 2.22. The fraction of sp³-hybridized carbons (Fsp3) is 0. The first-order chi connectivity index (χ1) is 8.24. The van der Waals surface area contributed by atoms with Crippen LogP contribution in [0.15, 0.2) is 42.9 Å². The van der Waals surface area contributed by atoms with Gasteiger partial charge in [-0.25, -0.2) is 18.7 Å². The number of imidazole rings is 1. The molecule has 0 fully saturated rings. The van der Waals surface area contributed by atoms with Gasteiger partial charge < -0.3 is 0 Å². The normalized spacial score (nSPS) is 10.9. The zero-order valence-corrected chi connectivity index (χ0v) is 8.64. The molecule has 0 N–H and O–H groups in total. The topological polar surface area (TPSA) is 30.2 Å². The van der Waals surface area contributed by atoms with E-state index < -0.39 is 11.6 Å². The van der Waals surface area contributed by atoms with Gasteiger partial charge in [-0.05, 0) is 18.2 Å².